The number of carbonyl (C=O) groups is 1. The number of carbonyl (C=O) groups excluding carboxylic acids is 1. The molecule has 30 heavy (non-hydrogen) atoms. The van der Waals surface area contributed by atoms with Gasteiger partial charge in [-0.1, -0.05) is 52.3 Å². The van der Waals surface area contributed by atoms with Crippen LogP contribution in [0, 0.1) is 11.3 Å². The molecule has 0 heterocycles. The van der Waals surface area contributed by atoms with Crippen molar-refractivity contribution in [1.82, 2.24) is 0 Å². The number of hydrogen-bond donors (Lipinski definition) is 1. The summed E-state index contributed by atoms with van der Waals surface area (Å²) in [4.78, 5) is 12.6. The molecule has 0 aromatic heterocycles. The fraction of sp³-hybridized carbons (Fsp3) is 0.0833. The highest BCUT2D eigenvalue weighted by atomic mass is 79.9. The minimum Gasteiger partial charge on any atom is -0.497 e. The number of anilines is 1. The molecule has 5 nitrogen and oxygen atoms in total. The Kier molecular flexibility index (Phi) is 7.25. The fourth-order valence-electron chi connectivity index (χ4n) is 2.68. The molecule has 0 aliphatic rings. The van der Waals surface area contributed by atoms with E-state index in [1.165, 1.54) is 6.08 Å². The van der Waals surface area contributed by atoms with E-state index in [-0.39, 0.29) is 5.57 Å². The summed E-state index contributed by atoms with van der Waals surface area (Å²) < 4.78 is 12.0. The zero-order valence-electron chi connectivity index (χ0n) is 16.3. The third kappa shape index (κ3) is 5.49. The third-order valence-corrected chi connectivity index (χ3v) is 5.05. The van der Waals surface area contributed by atoms with Crippen molar-refractivity contribution in [2.45, 2.75) is 6.61 Å². The number of nitrogens with one attached hydrogen (secondary N) is 1. The van der Waals surface area contributed by atoms with Crippen LogP contribution >= 0.6 is 15.9 Å². The molecule has 0 bridgehead atoms. The van der Waals surface area contributed by atoms with Crippen LogP contribution in [0.4, 0.5) is 5.69 Å². The number of amides is 1. The lowest BCUT2D eigenvalue weighted by atomic mass is 10.1. The minimum atomic E-state index is -0.497. The Hall–Kier alpha value is -3.56. The standard InChI is InChI=1S/C24H19BrN2O3/c1-29-21-12-10-20(11-13-21)27-24(28)19(15-26)14-17-6-3-5-9-23(17)30-16-18-7-2-4-8-22(18)25/h2-14H,16H2,1H3,(H,27,28)/b19-14+. The summed E-state index contributed by atoms with van der Waals surface area (Å²) in [6, 6.07) is 23.9. The molecular formula is C24H19BrN2O3. The largest absolute Gasteiger partial charge is 0.497 e. The maximum atomic E-state index is 12.6. The van der Waals surface area contributed by atoms with Gasteiger partial charge < -0.3 is 14.8 Å². The van der Waals surface area contributed by atoms with E-state index in [0.717, 1.165) is 10.0 Å². The van der Waals surface area contributed by atoms with Crippen LogP contribution in [0.15, 0.2) is 82.8 Å². The Labute approximate surface area is 183 Å². The monoisotopic (exact) mass is 462 g/mol. The lowest BCUT2D eigenvalue weighted by Crippen LogP contribution is -2.13. The molecule has 0 saturated carbocycles. The van der Waals surface area contributed by atoms with E-state index in [0.29, 0.717) is 29.4 Å². The minimum absolute atomic E-state index is 0.0252. The molecule has 0 radical (unpaired) electrons. The second-order valence-corrected chi connectivity index (χ2v) is 7.12. The Morgan fingerprint density at radius 3 is 2.47 bits per heavy atom. The molecule has 3 aromatic carbocycles. The number of hydrogen-bond acceptors (Lipinski definition) is 4. The highest BCUT2D eigenvalue weighted by Gasteiger charge is 2.12. The van der Waals surface area contributed by atoms with Crippen LogP contribution in [0.2, 0.25) is 0 Å². The van der Waals surface area contributed by atoms with Crippen molar-refractivity contribution >= 4 is 33.6 Å². The molecule has 3 aromatic rings. The molecule has 1 amide bonds. The van der Waals surface area contributed by atoms with Crippen LogP contribution < -0.4 is 14.8 Å². The van der Waals surface area contributed by atoms with Crippen LogP contribution in [0.5, 0.6) is 11.5 Å². The summed E-state index contributed by atoms with van der Waals surface area (Å²) in [5.74, 6) is 0.765. The maximum Gasteiger partial charge on any atom is 0.266 e. The van der Waals surface area contributed by atoms with Gasteiger partial charge >= 0.3 is 0 Å². The van der Waals surface area contributed by atoms with Crippen LogP contribution in [-0.4, -0.2) is 13.0 Å². The molecular weight excluding hydrogens is 444 g/mol. The second kappa shape index (κ2) is 10.3. The molecule has 0 aliphatic carbocycles. The van der Waals surface area contributed by atoms with Crippen molar-refractivity contribution in [2.75, 3.05) is 12.4 Å². The zero-order chi connectivity index (χ0) is 21.3. The summed E-state index contributed by atoms with van der Waals surface area (Å²) in [6.45, 7) is 0.353. The number of rotatable bonds is 7. The van der Waals surface area contributed by atoms with Gasteiger partial charge in [0, 0.05) is 21.3 Å². The van der Waals surface area contributed by atoms with Crippen molar-refractivity contribution in [1.29, 1.82) is 5.26 Å². The van der Waals surface area contributed by atoms with Gasteiger partial charge in [0.15, 0.2) is 0 Å². The van der Waals surface area contributed by atoms with Gasteiger partial charge in [-0.3, -0.25) is 4.79 Å². The first-order valence-electron chi connectivity index (χ1n) is 9.13. The molecule has 150 valence electrons. The summed E-state index contributed by atoms with van der Waals surface area (Å²) in [6.07, 6.45) is 1.52. The number of para-hydroxylation sites is 1. The van der Waals surface area contributed by atoms with E-state index in [1.807, 2.05) is 42.5 Å². The van der Waals surface area contributed by atoms with Crippen molar-refractivity contribution in [3.63, 3.8) is 0 Å². The molecule has 6 heteroatoms. The van der Waals surface area contributed by atoms with Gasteiger partial charge in [-0.05, 0) is 42.5 Å². The topological polar surface area (TPSA) is 71.3 Å². The van der Waals surface area contributed by atoms with Crippen LogP contribution in [-0.2, 0) is 11.4 Å². The van der Waals surface area contributed by atoms with E-state index in [4.69, 9.17) is 9.47 Å². The van der Waals surface area contributed by atoms with E-state index < -0.39 is 5.91 Å². The SMILES string of the molecule is COc1ccc(NC(=O)/C(C#N)=C/c2ccccc2OCc2ccccc2Br)cc1. The number of ether oxygens (including phenoxy) is 2. The summed E-state index contributed by atoms with van der Waals surface area (Å²) in [5, 5.41) is 12.2. The zero-order valence-corrected chi connectivity index (χ0v) is 17.8. The molecule has 0 saturated heterocycles. The predicted octanol–water partition coefficient (Wildman–Crippen LogP) is 5.58. The van der Waals surface area contributed by atoms with Gasteiger partial charge in [-0.25, -0.2) is 0 Å². The molecule has 0 aliphatic heterocycles. The second-order valence-electron chi connectivity index (χ2n) is 6.27. The van der Waals surface area contributed by atoms with E-state index in [2.05, 4.69) is 21.2 Å². The highest BCUT2D eigenvalue weighted by Crippen LogP contribution is 2.24. The number of benzene rings is 3. The lowest BCUT2D eigenvalue weighted by Gasteiger charge is -2.11. The van der Waals surface area contributed by atoms with Gasteiger partial charge in [0.2, 0.25) is 0 Å². The predicted molar refractivity (Wildman–Crippen MR) is 120 cm³/mol. The first-order valence-corrected chi connectivity index (χ1v) is 9.92. The van der Waals surface area contributed by atoms with Gasteiger partial charge in [-0.2, -0.15) is 5.26 Å². The van der Waals surface area contributed by atoms with Gasteiger partial charge in [0.1, 0.15) is 29.7 Å². The first-order chi connectivity index (χ1) is 14.6. The van der Waals surface area contributed by atoms with E-state index >= 15 is 0 Å². The molecule has 1 N–H and O–H groups in total. The fourth-order valence-corrected chi connectivity index (χ4v) is 3.08. The Bertz CT molecular complexity index is 1100. The molecule has 0 fully saturated rings. The molecule has 0 spiro atoms. The Morgan fingerprint density at radius 2 is 1.77 bits per heavy atom. The van der Waals surface area contributed by atoms with Crippen LogP contribution in [0.1, 0.15) is 11.1 Å². The van der Waals surface area contributed by atoms with E-state index in [9.17, 15) is 10.1 Å². The average Bonchev–Trinajstić information content (AvgIpc) is 2.78. The van der Waals surface area contributed by atoms with Crippen molar-refractivity contribution in [3.8, 4) is 17.6 Å². The molecule has 0 unspecified atom stereocenters. The molecule has 3 rings (SSSR count). The maximum absolute atomic E-state index is 12.6. The first kappa shape index (κ1) is 21.2. The van der Waals surface area contributed by atoms with Crippen molar-refractivity contribution in [2.24, 2.45) is 0 Å². The van der Waals surface area contributed by atoms with Crippen LogP contribution in [0.3, 0.4) is 0 Å². The Morgan fingerprint density at radius 1 is 1.07 bits per heavy atom. The summed E-state index contributed by atoms with van der Waals surface area (Å²) in [7, 11) is 1.57. The average molecular weight is 463 g/mol. The van der Waals surface area contributed by atoms with E-state index in [1.54, 1.807) is 43.5 Å². The normalized spacial score (nSPS) is 10.8. The smallest absolute Gasteiger partial charge is 0.266 e. The van der Waals surface area contributed by atoms with Gasteiger partial charge in [0.25, 0.3) is 5.91 Å². The quantitative estimate of drug-likeness (QED) is 0.367. The number of nitriles is 1. The molecule has 0 atom stereocenters. The lowest BCUT2D eigenvalue weighted by molar-refractivity contribution is -0.112. The van der Waals surface area contributed by atoms with Crippen molar-refractivity contribution < 1.29 is 14.3 Å². The number of methoxy groups -OCH3 is 1. The van der Waals surface area contributed by atoms with Crippen LogP contribution in [0.25, 0.3) is 6.08 Å². The summed E-state index contributed by atoms with van der Waals surface area (Å²) >= 11 is 3.50. The van der Waals surface area contributed by atoms with Gasteiger partial charge in [-0.15, -0.1) is 0 Å². The highest BCUT2D eigenvalue weighted by molar-refractivity contribution is 9.10. The number of halogens is 1. The van der Waals surface area contributed by atoms with Gasteiger partial charge in [0.05, 0.1) is 7.11 Å². The Balaban J connectivity index is 1.77. The number of nitrogens with zero attached hydrogens (tertiary/aromatic N) is 1. The van der Waals surface area contributed by atoms with Crippen molar-refractivity contribution in [3.05, 3.63) is 94.0 Å². The third-order valence-electron chi connectivity index (χ3n) is 4.27. The summed E-state index contributed by atoms with van der Waals surface area (Å²) in [5.41, 5.74) is 2.18.